The number of anilines is 1. The zero-order valence-electron chi connectivity index (χ0n) is 15.2. The molecule has 0 saturated carbocycles. The molecule has 2 aromatic rings. The summed E-state index contributed by atoms with van der Waals surface area (Å²) in [5.74, 6) is 2.42. The number of carbonyl (C=O) groups is 1. The lowest BCUT2D eigenvalue weighted by Gasteiger charge is -2.35. The van der Waals surface area contributed by atoms with Gasteiger partial charge < -0.3 is 14.2 Å². The van der Waals surface area contributed by atoms with E-state index >= 15 is 0 Å². The van der Waals surface area contributed by atoms with Gasteiger partial charge in [-0.25, -0.2) is 9.97 Å². The maximum atomic E-state index is 12.7. The number of nitrogens with zero attached hydrogens (tertiary/aromatic N) is 4. The van der Waals surface area contributed by atoms with Crippen LogP contribution in [0.4, 0.5) is 5.82 Å². The van der Waals surface area contributed by atoms with Gasteiger partial charge in [0.05, 0.1) is 5.69 Å². The van der Waals surface area contributed by atoms with E-state index in [1.165, 1.54) is 0 Å². The molecular weight excluding hydrogens is 316 g/mol. The Morgan fingerprint density at radius 3 is 2.64 bits per heavy atom. The van der Waals surface area contributed by atoms with Crippen LogP contribution >= 0.6 is 0 Å². The molecule has 0 N–H and O–H groups in total. The lowest BCUT2D eigenvalue weighted by molar-refractivity contribution is 0.0695. The lowest BCUT2D eigenvalue weighted by atomic mass is 9.96. The third kappa shape index (κ3) is 4.00. The minimum absolute atomic E-state index is 0.0484. The molecule has 1 saturated heterocycles. The van der Waals surface area contributed by atoms with Crippen molar-refractivity contribution < 1.29 is 9.21 Å². The zero-order chi connectivity index (χ0) is 17.8. The van der Waals surface area contributed by atoms with Crippen LogP contribution in [0.2, 0.25) is 0 Å². The topological polar surface area (TPSA) is 62.5 Å². The van der Waals surface area contributed by atoms with Crippen molar-refractivity contribution in [2.75, 3.05) is 31.1 Å². The maximum absolute atomic E-state index is 12.7. The Hall–Kier alpha value is -2.37. The van der Waals surface area contributed by atoms with Gasteiger partial charge in [0, 0.05) is 39.3 Å². The van der Waals surface area contributed by atoms with Crippen LogP contribution in [0.5, 0.6) is 0 Å². The molecule has 1 amide bonds. The highest BCUT2D eigenvalue weighted by molar-refractivity contribution is 5.92. The van der Waals surface area contributed by atoms with Gasteiger partial charge in [-0.05, 0) is 44.7 Å². The molecule has 1 fully saturated rings. The van der Waals surface area contributed by atoms with Crippen LogP contribution in [0.1, 0.15) is 41.9 Å². The van der Waals surface area contributed by atoms with Gasteiger partial charge in [0.1, 0.15) is 5.82 Å². The average Bonchev–Trinajstić information content (AvgIpc) is 2.98. The number of amides is 1. The Labute approximate surface area is 148 Å². The largest absolute Gasteiger partial charge is 0.436 e. The smallest absolute Gasteiger partial charge is 0.291 e. The Bertz CT molecular complexity index is 705. The third-order valence-corrected chi connectivity index (χ3v) is 4.83. The molecule has 6 nitrogen and oxygen atoms in total. The number of aryl methyl sites for hydroxylation is 2. The molecule has 2 aromatic heterocycles. The van der Waals surface area contributed by atoms with Crippen molar-refractivity contribution in [2.45, 2.75) is 33.6 Å². The van der Waals surface area contributed by atoms with Gasteiger partial charge >= 0.3 is 0 Å². The Morgan fingerprint density at radius 2 is 2.08 bits per heavy atom. The van der Waals surface area contributed by atoms with Crippen molar-refractivity contribution in [2.24, 2.45) is 5.92 Å². The molecule has 0 atom stereocenters. The minimum atomic E-state index is -0.0484. The molecule has 0 aliphatic carbocycles. The first-order chi connectivity index (χ1) is 12.1. The summed E-state index contributed by atoms with van der Waals surface area (Å²) in [5.41, 5.74) is 0.672. The summed E-state index contributed by atoms with van der Waals surface area (Å²) in [7, 11) is 0. The van der Waals surface area contributed by atoms with Crippen LogP contribution in [0.3, 0.4) is 0 Å². The normalized spacial score (nSPS) is 15.4. The number of aromatic nitrogens is 2. The van der Waals surface area contributed by atoms with E-state index in [0.29, 0.717) is 29.8 Å². The second-order valence-electron chi connectivity index (χ2n) is 6.61. The van der Waals surface area contributed by atoms with Crippen molar-refractivity contribution >= 4 is 11.7 Å². The standard InChI is InChI=1S/C19H26N4O2/c1-4-22(19(24)18-14(2)21-15(3)25-18)13-16-8-11-23(12-9-16)17-7-5-6-10-20-17/h5-7,10,16H,4,8-9,11-13H2,1-3H3. The molecule has 1 aliphatic heterocycles. The fourth-order valence-corrected chi connectivity index (χ4v) is 3.43. The van der Waals surface area contributed by atoms with Gasteiger partial charge in [-0.3, -0.25) is 4.79 Å². The minimum Gasteiger partial charge on any atom is -0.436 e. The fourth-order valence-electron chi connectivity index (χ4n) is 3.43. The first-order valence-electron chi connectivity index (χ1n) is 8.97. The third-order valence-electron chi connectivity index (χ3n) is 4.83. The maximum Gasteiger partial charge on any atom is 0.291 e. The highest BCUT2D eigenvalue weighted by Gasteiger charge is 2.26. The number of hydrogen-bond donors (Lipinski definition) is 0. The zero-order valence-corrected chi connectivity index (χ0v) is 15.2. The Balaban J connectivity index is 1.58. The van der Waals surface area contributed by atoms with E-state index in [1.807, 2.05) is 37.1 Å². The van der Waals surface area contributed by atoms with Gasteiger partial charge in [0.2, 0.25) is 5.76 Å². The van der Waals surface area contributed by atoms with E-state index in [2.05, 4.69) is 20.9 Å². The van der Waals surface area contributed by atoms with E-state index in [0.717, 1.165) is 38.3 Å². The highest BCUT2D eigenvalue weighted by atomic mass is 16.4. The predicted octanol–water partition coefficient (Wildman–Crippen LogP) is 3.07. The van der Waals surface area contributed by atoms with Crippen molar-refractivity contribution in [1.29, 1.82) is 0 Å². The molecular formula is C19H26N4O2. The molecule has 0 bridgehead atoms. The molecule has 1 aliphatic rings. The summed E-state index contributed by atoms with van der Waals surface area (Å²) < 4.78 is 5.50. The number of carbonyl (C=O) groups excluding carboxylic acids is 1. The van der Waals surface area contributed by atoms with Crippen molar-refractivity contribution in [3.8, 4) is 0 Å². The van der Waals surface area contributed by atoms with Gasteiger partial charge in [-0.1, -0.05) is 6.07 Å². The molecule has 134 valence electrons. The molecule has 25 heavy (non-hydrogen) atoms. The fraction of sp³-hybridized carbons (Fsp3) is 0.526. The number of pyridine rings is 1. The molecule has 0 unspecified atom stereocenters. The number of rotatable bonds is 5. The number of piperidine rings is 1. The van der Waals surface area contributed by atoms with Gasteiger partial charge in [0.25, 0.3) is 5.91 Å². The van der Waals surface area contributed by atoms with E-state index in [4.69, 9.17) is 4.42 Å². The summed E-state index contributed by atoms with van der Waals surface area (Å²) in [4.78, 5) is 25.6. The molecule has 0 radical (unpaired) electrons. The van der Waals surface area contributed by atoms with E-state index in [1.54, 1.807) is 6.92 Å². The average molecular weight is 342 g/mol. The van der Waals surface area contributed by atoms with Crippen LogP contribution in [-0.2, 0) is 0 Å². The highest BCUT2D eigenvalue weighted by Crippen LogP contribution is 2.23. The summed E-state index contributed by atoms with van der Waals surface area (Å²) in [5, 5.41) is 0. The molecule has 3 rings (SSSR count). The summed E-state index contributed by atoms with van der Waals surface area (Å²) in [6.45, 7) is 9.01. The lowest BCUT2D eigenvalue weighted by Crippen LogP contribution is -2.41. The Kier molecular flexibility index (Phi) is 5.36. The van der Waals surface area contributed by atoms with Crippen LogP contribution < -0.4 is 4.90 Å². The van der Waals surface area contributed by atoms with Crippen LogP contribution in [0, 0.1) is 19.8 Å². The second kappa shape index (κ2) is 7.68. The molecule has 0 spiro atoms. The van der Waals surface area contributed by atoms with Crippen LogP contribution in [0.15, 0.2) is 28.8 Å². The Morgan fingerprint density at radius 1 is 1.32 bits per heavy atom. The summed E-state index contributed by atoms with van der Waals surface area (Å²) in [6.07, 6.45) is 3.96. The monoisotopic (exact) mass is 342 g/mol. The van der Waals surface area contributed by atoms with Gasteiger partial charge in [-0.2, -0.15) is 0 Å². The van der Waals surface area contributed by atoms with Crippen molar-refractivity contribution in [3.63, 3.8) is 0 Å². The molecule has 0 aromatic carbocycles. The van der Waals surface area contributed by atoms with Crippen LogP contribution in [-0.4, -0.2) is 47.0 Å². The number of hydrogen-bond acceptors (Lipinski definition) is 5. The first kappa shape index (κ1) is 17.5. The predicted molar refractivity (Wildman–Crippen MR) is 96.7 cm³/mol. The van der Waals surface area contributed by atoms with Crippen molar-refractivity contribution in [3.05, 3.63) is 41.7 Å². The van der Waals surface area contributed by atoms with Crippen molar-refractivity contribution in [1.82, 2.24) is 14.9 Å². The quantitative estimate of drug-likeness (QED) is 0.836. The van der Waals surface area contributed by atoms with Gasteiger partial charge in [0.15, 0.2) is 5.89 Å². The second-order valence-corrected chi connectivity index (χ2v) is 6.61. The first-order valence-corrected chi connectivity index (χ1v) is 8.97. The van der Waals surface area contributed by atoms with Crippen LogP contribution in [0.25, 0.3) is 0 Å². The van der Waals surface area contributed by atoms with E-state index < -0.39 is 0 Å². The van der Waals surface area contributed by atoms with E-state index in [9.17, 15) is 4.79 Å². The SMILES string of the molecule is CCN(CC1CCN(c2ccccn2)CC1)C(=O)c1oc(C)nc1C. The summed E-state index contributed by atoms with van der Waals surface area (Å²) in [6, 6.07) is 6.01. The summed E-state index contributed by atoms with van der Waals surface area (Å²) >= 11 is 0. The number of oxazole rings is 1. The molecule has 6 heteroatoms. The molecule has 3 heterocycles. The van der Waals surface area contributed by atoms with Gasteiger partial charge in [-0.15, -0.1) is 0 Å². The van der Waals surface area contributed by atoms with E-state index in [-0.39, 0.29) is 5.91 Å².